The van der Waals surface area contributed by atoms with Gasteiger partial charge in [0.05, 0.1) is 6.10 Å². The van der Waals surface area contributed by atoms with Crippen molar-refractivity contribution in [3.63, 3.8) is 0 Å². The average Bonchev–Trinajstić information content (AvgIpc) is 2.25. The van der Waals surface area contributed by atoms with Crippen LogP contribution in [0.3, 0.4) is 0 Å². The molecule has 2 nitrogen and oxygen atoms in total. The molecular formula is C10H21NO. The second-order valence-electron chi connectivity index (χ2n) is 4.30. The lowest BCUT2D eigenvalue weighted by molar-refractivity contribution is 0.0540. The summed E-state index contributed by atoms with van der Waals surface area (Å²) in [6.45, 7) is 8.69. The first kappa shape index (κ1) is 10.0. The number of rotatable bonds is 3. The number of unbranched alkanes of at least 4 members (excludes halogenated alkanes) is 1. The molecule has 0 aromatic heterocycles. The number of hydrogen-bond donors (Lipinski definition) is 1. The van der Waals surface area contributed by atoms with Crippen molar-refractivity contribution >= 4 is 0 Å². The monoisotopic (exact) mass is 171 g/mol. The van der Waals surface area contributed by atoms with Crippen LogP contribution in [0.15, 0.2) is 0 Å². The molecule has 0 aromatic carbocycles. The number of aliphatic hydroxyl groups is 1. The van der Waals surface area contributed by atoms with Crippen molar-refractivity contribution in [2.45, 2.75) is 51.7 Å². The molecule has 0 aromatic rings. The van der Waals surface area contributed by atoms with Gasteiger partial charge in [-0.05, 0) is 33.2 Å². The van der Waals surface area contributed by atoms with Gasteiger partial charge in [0.25, 0.3) is 0 Å². The molecule has 1 heterocycles. The van der Waals surface area contributed by atoms with E-state index >= 15 is 0 Å². The number of likely N-dealkylation sites (tertiary alicyclic amines) is 1. The summed E-state index contributed by atoms with van der Waals surface area (Å²) in [4.78, 5) is 2.40. The van der Waals surface area contributed by atoms with E-state index in [4.69, 9.17) is 0 Å². The van der Waals surface area contributed by atoms with E-state index in [0.29, 0.717) is 0 Å². The van der Waals surface area contributed by atoms with E-state index in [1.54, 1.807) is 0 Å². The molecule has 1 fully saturated rings. The van der Waals surface area contributed by atoms with Crippen molar-refractivity contribution in [1.29, 1.82) is 0 Å². The minimum Gasteiger partial charge on any atom is -0.391 e. The summed E-state index contributed by atoms with van der Waals surface area (Å²) >= 11 is 0. The highest BCUT2D eigenvalue weighted by molar-refractivity contribution is 4.95. The first-order valence-electron chi connectivity index (χ1n) is 5.02. The quantitative estimate of drug-likeness (QED) is 0.697. The molecule has 0 radical (unpaired) electrons. The van der Waals surface area contributed by atoms with Crippen LogP contribution >= 0.6 is 0 Å². The first-order valence-corrected chi connectivity index (χ1v) is 5.02. The van der Waals surface area contributed by atoms with Gasteiger partial charge in [-0.25, -0.2) is 0 Å². The second kappa shape index (κ2) is 3.75. The van der Waals surface area contributed by atoms with Gasteiger partial charge in [-0.2, -0.15) is 0 Å². The van der Waals surface area contributed by atoms with Gasteiger partial charge in [0.1, 0.15) is 0 Å². The Morgan fingerprint density at radius 1 is 1.50 bits per heavy atom. The molecule has 1 N–H and O–H groups in total. The zero-order valence-corrected chi connectivity index (χ0v) is 8.51. The molecule has 1 aliphatic rings. The fraction of sp³-hybridized carbons (Fsp3) is 1.00. The Morgan fingerprint density at radius 2 is 2.17 bits per heavy atom. The van der Waals surface area contributed by atoms with Gasteiger partial charge in [-0.3, -0.25) is 4.90 Å². The lowest BCUT2D eigenvalue weighted by atomic mass is 9.98. The summed E-state index contributed by atoms with van der Waals surface area (Å²) in [6.07, 6.45) is 3.30. The van der Waals surface area contributed by atoms with Gasteiger partial charge in [-0.15, -0.1) is 0 Å². The maximum Gasteiger partial charge on any atom is 0.0730 e. The summed E-state index contributed by atoms with van der Waals surface area (Å²) < 4.78 is 0. The van der Waals surface area contributed by atoms with Crippen LogP contribution < -0.4 is 0 Å². The molecular weight excluding hydrogens is 150 g/mol. The molecule has 72 valence electrons. The van der Waals surface area contributed by atoms with Crippen LogP contribution in [-0.4, -0.2) is 34.7 Å². The lowest BCUT2D eigenvalue weighted by Crippen LogP contribution is -2.45. The lowest BCUT2D eigenvalue weighted by Gasteiger charge is -2.33. The van der Waals surface area contributed by atoms with Crippen LogP contribution in [0, 0.1) is 0 Å². The van der Waals surface area contributed by atoms with Crippen LogP contribution in [0.4, 0.5) is 0 Å². The number of aliphatic hydroxyl groups excluding tert-OH is 1. The summed E-state index contributed by atoms with van der Waals surface area (Å²) in [5.41, 5.74) is 0.00910. The predicted molar refractivity (Wildman–Crippen MR) is 51.2 cm³/mol. The minimum atomic E-state index is -0.130. The zero-order chi connectivity index (χ0) is 9.19. The molecule has 0 bridgehead atoms. The molecule has 1 unspecified atom stereocenters. The average molecular weight is 171 g/mol. The van der Waals surface area contributed by atoms with E-state index in [1.807, 2.05) is 0 Å². The van der Waals surface area contributed by atoms with E-state index in [9.17, 15) is 5.11 Å². The molecule has 0 spiro atoms. The maximum atomic E-state index is 9.69. The molecule has 2 heteroatoms. The standard InChI is InChI=1S/C10H21NO/c1-4-5-7-11-8-6-9(12)10(11,2)3/h9,12H,4-8H2,1-3H3. The Bertz CT molecular complexity index is 145. The summed E-state index contributed by atoms with van der Waals surface area (Å²) in [6, 6.07) is 0. The molecule has 0 aliphatic carbocycles. The number of nitrogens with zero attached hydrogens (tertiary/aromatic N) is 1. The minimum absolute atomic E-state index is 0.00910. The second-order valence-corrected chi connectivity index (χ2v) is 4.30. The zero-order valence-electron chi connectivity index (χ0n) is 8.51. The van der Waals surface area contributed by atoms with Crippen molar-refractivity contribution in [1.82, 2.24) is 4.90 Å². The Hall–Kier alpha value is -0.0800. The Kier molecular flexibility index (Phi) is 3.13. The highest BCUT2D eigenvalue weighted by atomic mass is 16.3. The van der Waals surface area contributed by atoms with E-state index in [2.05, 4.69) is 25.7 Å². The van der Waals surface area contributed by atoms with Gasteiger partial charge in [0, 0.05) is 12.1 Å². The van der Waals surface area contributed by atoms with E-state index in [1.165, 1.54) is 12.8 Å². The van der Waals surface area contributed by atoms with Crippen molar-refractivity contribution < 1.29 is 5.11 Å². The van der Waals surface area contributed by atoms with Crippen LogP contribution in [-0.2, 0) is 0 Å². The molecule has 1 atom stereocenters. The summed E-state index contributed by atoms with van der Waals surface area (Å²) in [5, 5.41) is 9.69. The van der Waals surface area contributed by atoms with Crippen LogP contribution in [0.1, 0.15) is 40.0 Å². The Morgan fingerprint density at radius 3 is 2.58 bits per heavy atom. The molecule has 1 aliphatic heterocycles. The molecule has 0 amide bonds. The van der Waals surface area contributed by atoms with Crippen molar-refractivity contribution in [3.05, 3.63) is 0 Å². The molecule has 12 heavy (non-hydrogen) atoms. The van der Waals surface area contributed by atoms with Gasteiger partial charge in [0.2, 0.25) is 0 Å². The van der Waals surface area contributed by atoms with Crippen LogP contribution in [0.25, 0.3) is 0 Å². The van der Waals surface area contributed by atoms with Crippen molar-refractivity contribution in [3.8, 4) is 0 Å². The fourth-order valence-electron chi connectivity index (χ4n) is 1.88. The molecule has 1 saturated heterocycles. The smallest absolute Gasteiger partial charge is 0.0730 e. The highest BCUT2D eigenvalue weighted by Gasteiger charge is 2.39. The van der Waals surface area contributed by atoms with Crippen LogP contribution in [0.2, 0.25) is 0 Å². The summed E-state index contributed by atoms with van der Waals surface area (Å²) in [5.74, 6) is 0. The molecule has 0 saturated carbocycles. The van der Waals surface area contributed by atoms with Gasteiger partial charge < -0.3 is 5.11 Å². The largest absolute Gasteiger partial charge is 0.391 e. The normalized spacial score (nSPS) is 29.5. The Balaban J connectivity index is 2.44. The van der Waals surface area contributed by atoms with Gasteiger partial charge in [-0.1, -0.05) is 13.3 Å². The third kappa shape index (κ3) is 1.80. The van der Waals surface area contributed by atoms with E-state index in [0.717, 1.165) is 19.5 Å². The van der Waals surface area contributed by atoms with Gasteiger partial charge in [0.15, 0.2) is 0 Å². The van der Waals surface area contributed by atoms with Crippen molar-refractivity contribution in [2.24, 2.45) is 0 Å². The van der Waals surface area contributed by atoms with Gasteiger partial charge >= 0.3 is 0 Å². The van der Waals surface area contributed by atoms with E-state index in [-0.39, 0.29) is 11.6 Å². The first-order chi connectivity index (χ1) is 5.59. The fourth-order valence-corrected chi connectivity index (χ4v) is 1.88. The van der Waals surface area contributed by atoms with E-state index < -0.39 is 0 Å². The third-order valence-electron chi connectivity index (χ3n) is 3.08. The maximum absolute atomic E-state index is 9.69. The Labute approximate surface area is 75.6 Å². The third-order valence-corrected chi connectivity index (χ3v) is 3.08. The summed E-state index contributed by atoms with van der Waals surface area (Å²) in [7, 11) is 0. The number of hydrogen-bond acceptors (Lipinski definition) is 2. The highest BCUT2D eigenvalue weighted by Crippen LogP contribution is 2.28. The van der Waals surface area contributed by atoms with Crippen LogP contribution in [0.5, 0.6) is 0 Å². The predicted octanol–water partition coefficient (Wildman–Crippen LogP) is 1.63. The van der Waals surface area contributed by atoms with Crippen molar-refractivity contribution in [2.75, 3.05) is 13.1 Å². The topological polar surface area (TPSA) is 23.5 Å². The molecule has 1 rings (SSSR count). The SMILES string of the molecule is CCCCN1CCC(O)C1(C)C.